The number of halogens is 1. The Hall–Kier alpha value is -2.13. The summed E-state index contributed by atoms with van der Waals surface area (Å²) in [7, 11) is 0. The van der Waals surface area contributed by atoms with E-state index in [4.69, 9.17) is 0 Å². The quantitative estimate of drug-likeness (QED) is 0.687. The maximum absolute atomic E-state index is 12.3. The summed E-state index contributed by atoms with van der Waals surface area (Å²) >= 11 is 3.39. The summed E-state index contributed by atoms with van der Waals surface area (Å²) in [6.45, 7) is 0.584. The highest BCUT2D eigenvalue weighted by atomic mass is 79.9. The normalized spacial score (nSPS) is 10.6. The lowest BCUT2D eigenvalue weighted by Crippen LogP contribution is -2.21. The van der Waals surface area contributed by atoms with Crippen molar-refractivity contribution in [3.63, 3.8) is 0 Å². The first kappa shape index (κ1) is 14.8. The maximum Gasteiger partial charge on any atom is 0.265 e. The van der Waals surface area contributed by atoms with E-state index in [0.717, 1.165) is 17.5 Å². The Balaban J connectivity index is 1.92. The molecule has 3 heteroatoms. The average molecular weight is 354 g/mol. The lowest BCUT2D eigenvalue weighted by molar-refractivity contribution is 0.746. The predicted octanol–water partition coefficient (Wildman–Crippen LogP) is 4.25. The Labute approximate surface area is 138 Å². The first-order valence-corrected chi connectivity index (χ1v) is 7.98. The third-order valence-electron chi connectivity index (χ3n) is 3.55. The molecule has 2 aromatic carbocycles. The Morgan fingerprint density at radius 3 is 2.05 bits per heavy atom. The minimum absolute atomic E-state index is 0.000615. The third-order valence-corrected chi connectivity index (χ3v) is 4.11. The molecular formula is C19H16BrNO. The molecule has 0 unspecified atom stereocenters. The van der Waals surface area contributed by atoms with E-state index in [1.807, 2.05) is 60.8 Å². The zero-order valence-corrected chi connectivity index (χ0v) is 13.7. The molecule has 0 fully saturated rings. The molecule has 0 bridgehead atoms. The fourth-order valence-electron chi connectivity index (χ4n) is 2.48. The van der Waals surface area contributed by atoms with E-state index in [9.17, 15) is 4.79 Å². The van der Waals surface area contributed by atoms with Crippen LogP contribution in [0, 0.1) is 0 Å². The van der Waals surface area contributed by atoms with E-state index in [2.05, 4.69) is 28.1 Å². The van der Waals surface area contributed by atoms with Crippen LogP contribution in [0.3, 0.4) is 0 Å². The van der Waals surface area contributed by atoms with Crippen LogP contribution in [0.2, 0.25) is 0 Å². The molecule has 3 rings (SSSR count). The Bertz CT molecular complexity index is 810. The minimum atomic E-state index is 0.000615. The molecule has 0 amide bonds. The summed E-state index contributed by atoms with van der Waals surface area (Å²) in [4.78, 5) is 12.3. The van der Waals surface area contributed by atoms with Crippen LogP contribution >= 0.6 is 15.9 Å². The number of benzene rings is 2. The zero-order valence-electron chi connectivity index (χ0n) is 12.1. The largest absolute Gasteiger partial charge is 0.310 e. The van der Waals surface area contributed by atoms with Crippen LogP contribution in [0.4, 0.5) is 0 Å². The van der Waals surface area contributed by atoms with Gasteiger partial charge in [0.1, 0.15) is 0 Å². The minimum Gasteiger partial charge on any atom is -0.310 e. The van der Waals surface area contributed by atoms with E-state index in [0.29, 0.717) is 11.0 Å². The van der Waals surface area contributed by atoms with Gasteiger partial charge in [-0.2, -0.15) is 0 Å². The van der Waals surface area contributed by atoms with Crippen molar-refractivity contribution in [1.82, 2.24) is 4.57 Å². The van der Waals surface area contributed by atoms with Crippen molar-refractivity contribution in [1.29, 1.82) is 0 Å². The summed E-state index contributed by atoms with van der Waals surface area (Å²) in [6, 6.07) is 22.2. The van der Waals surface area contributed by atoms with Crippen molar-refractivity contribution in [2.45, 2.75) is 13.0 Å². The van der Waals surface area contributed by atoms with Gasteiger partial charge < -0.3 is 4.57 Å². The summed E-state index contributed by atoms with van der Waals surface area (Å²) in [6.07, 6.45) is 2.77. The van der Waals surface area contributed by atoms with Gasteiger partial charge in [-0.15, -0.1) is 0 Å². The molecule has 0 spiro atoms. The number of nitrogens with zero attached hydrogens (tertiary/aromatic N) is 1. The molecule has 0 aliphatic carbocycles. The van der Waals surface area contributed by atoms with Gasteiger partial charge in [0.15, 0.2) is 0 Å². The molecule has 0 aliphatic heterocycles. The van der Waals surface area contributed by atoms with Gasteiger partial charge in [0, 0.05) is 6.20 Å². The first-order chi connectivity index (χ1) is 10.7. The molecule has 1 heterocycles. The molecule has 0 saturated carbocycles. The Morgan fingerprint density at radius 2 is 1.41 bits per heavy atom. The monoisotopic (exact) mass is 353 g/mol. The molecular weight excluding hydrogens is 338 g/mol. The SMILES string of the molecule is O=c1c(Br)cc(Cc2ccccc2)cn1Cc1ccccc1. The van der Waals surface area contributed by atoms with Gasteiger partial charge in [0.25, 0.3) is 5.56 Å². The number of hydrogen-bond acceptors (Lipinski definition) is 1. The molecule has 2 nitrogen and oxygen atoms in total. The Morgan fingerprint density at radius 1 is 0.818 bits per heavy atom. The van der Waals surface area contributed by atoms with Crippen LogP contribution in [0.1, 0.15) is 16.7 Å². The van der Waals surface area contributed by atoms with Crippen LogP contribution in [0.25, 0.3) is 0 Å². The zero-order chi connectivity index (χ0) is 15.4. The molecule has 1 aromatic heterocycles. The van der Waals surface area contributed by atoms with Crippen molar-refractivity contribution in [2.75, 3.05) is 0 Å². The molecule has 0 saturated heterocycles. The van der Waals surface area contributed by atoms with Gasteiger partial charge in [0.05, 0.1) is 11.0 Å². The highest BCUT2D eigenvalue weighted by Crippen LogP contribution is 2.13. The van der Waals surface area contributed by atoms with E-state index in [1.54, 1.807) is 4.57 Å². The number of hydrogen-bond donors (Lipinski definition) is 0. The van der Waals surface area contributed by atoms with Gasteiger partial charge in [-0.05, 0) is 45.1 Å². The average Bonchev–Trinajstić information content (AvgIpc) is 2.54. The van der Waals surface area contributed by atoms with Crippen molar-refractivity contribution >= 4 is 15.9 Å². The highest BCUT2D eigenvalue weighted by molar-refractivity contribution is 9.10. The highest BCUT2D eigenvalue weighted by Gasteiger charge is 2.06. The van der Waals surface area contributed by atoms with E-state index in [-0.39, 0.29) is 5.56 Å². The maximum atomic E-state index is 12.3. The first-order valence-electron chi connectivity index (χ1n) is 7.19. The lowest BCUT2D eigenvalue weighted by Gasteiger charge is -2.10. The van der Waals surface area contributed by atoms with Gasteiger partial charge in [0.2, 0.25) is 0 Å². The van der Waals surface area contributed by atoms with Crippen molar-refractivity contribution in [3.05, 3.63) is 104 Å². The second kappa shape index (κ2) is 6.75. The topological polar surface area (TPSA) is 22.0 Å². The van der Waals surface area contributed by atoms with Crippen LogP contribution in [-0.2, 0) is 13.0 Å². The standard InChI is InChI=1S/C19H16BrNO/c20-18-12-17(11-15-7-3-1-4-8-15)14-21(19(18)22)13-16-9-5-2-6-10-16/h1-10,12,14H,11,13H2. The summed E-state index contributed by atoms with van der Waals surface area (Å²) in [5.74, 6) is 0. The van der Waals surface area contributed by atoms with Gasteiger partial charge in [-0.1, -0.05) is 60.7 Å². The van der Waals surface area contributed by atoms with Crippen LogP contribution in [0.15, 0.2) is 82.2 Å². The van der Waals surface area contributed by atoms with Gasteiger partial charge in [-0.25, -0.2) is 0 Å². The van der Waals surface area contributed by atoms with Gasteiger partial charge >= 0.3 is 0 Å². The van der Waals surface area contributed by atoms with Gasteiger partial charge in [-0.3, -0.25) is 4.79 Å². The number of rotatable bonds is 4. The molecule has 0 N–H and O–H groups in total. The lowest BCUT2D eigenvalue weighted by atomic mass is 10.1. The Kier molecular flexibility index (Phi) is 4.54. The van der Waals surface area contributed by atoms with Crippen molar-refractivity contribution in [2.24, 2.45) is 0 Å². The fraction of sp³-hybridized carbons (Fsp3) is 0.105. The third kappa shape index (κ3) is 3.55. The molecule has 110 valence electrons. The predicted molar refractivity (Wildman–Crippen MR) is 93.2 cm³/mol. The molecule has 3 aromatic rings. The summed E-state index contributed by atoms with van der Waals surface area (Å²) < 4.78 is 2.37. The number of pyridine rings is 1. The van der Waals surface area contributed by atoms with Crippen molar-refractivity contribution in [3.8, 4) is 0 Å². The summed E-state index contributed by atoms with van der Waals surface area (Å²) in [5, 5.41) is 0. The van der Waals surface area contributed by atoms with E-state index in [1.165, 1.54) is 5.56 Å². The second-order valence-electron chi connectivity index (χ2n) is 5.28. The summed E-state index contributed by atoms with van der Waals surface area (Å²) in [5.41, 5.74) is 3.47. The van der Waals surface area contributed by atoms with E-state index < -0.39 is 0 Å². The van der Waals surface area contributed by atoms with Crippen molar-refractivity contribution < 1.29 is 0 Å². The van der Waals surface area contributed by atoms with Crippen LogP contribution in [-0.4, -0.2) is 4.57 Å². The number of aromatic nitrogens is 1. The fourth-order valence-corrected chi connectivity index (χ4v) is 3.01. The van der Waals surface area contributed by atoms with Crippen LogP contribution < -0.4 is 5.56 Å². The molecule has 0 aliphatic rings. The van der Waals surface area contributed by atoms with Crippen LogP contribution in [0.5, 0.6) is 0 Å². The molecule has 0 atom stereocenters. The molecule has 0 radical (unpaired) electrons. The smallest absolute Gasteiger partial charge is 0.265 e. The second-order valence-corrected chi connectivity index (χ2v) is 6.13. The molecule has 22 heavy (non-hydrogen) atoms. The van der Waals surface area contributed by atoms with E-state index >= 15 is 0 Å².